The van der Waals surface area contributed by atoms with E-state index in [1.807, 2.05) is 47.0 Å². The van der Waals surface area contributed by atoms with Crippen LogP contribution in [0.25, 0.3) is 16.9 Å². The lowest BCUT2D eigenvalue weighted by atomic mass is 10.0. The summed E-state index contributed by atoms with van der Waals surface area (Å²) >= 11 is 0. The van der Waals surface area contributed by atoms with Crippen molar-refractivity contribution in [1.82, 2.24) is 9.38 Å². The number of pyridine rings is 1. The van der Waals surface area contributed by atoms with Gasteiger partial charge in [-0.05, 0) is 17.7 Å². The van der Waals surface area contributed by atoms with Gasteiger partial charge < -0.3 is 10.5 Å². The Morgan fingerprint density at radius 2 is 2.10 bits per heavy atom. The van der Waals surface area contributed by atoms with Crippen LogP contribution in [0.3, 0.4) is 0 Å². The van der Waals surface area contributed by atoms with Crippen LogP contribution < -0.4 is 5.73 Å². The van der Waals surface area contributed by atoms with Crippen LogP contribution in [-0.2, 0) is 9.84 Å². The third-order valence-corrected chi connectivity index (χ3v) is 3.55. The highest BCUT2D eigenvalue weighted by molar-refractivity contribution is 5.68. The fraction of sp³-hybridized carbons (Fsp3) is 0.188. The van der Waals surface area contributed by atoms with E-state index in [-0.39, 0.29) is 6.61 Å². The van der Waals surface area contributed by atoms with Crippen molar-refractivity contribution in [3.05, 3.63) is 54.4 Å². The molecule has 3 rings (SSSR count). The molecule has 2 aromatic heterocycles. The molecule has 0 bridgehead atoms. The average Bonchev–Trinajstić information content (AvgIpc) is 2.92. The predicted molar refractivity (Wildman–Crippen MR) is 80.3 cm³/mol. The van der Waals surface area contributed by atoms with Gasteiger partial charge in [0, 0.05) is 24.6 Å². The predicted octanol–water partition coefficient (Wildman–Crippen LogP) is 2.70. The van der Waals surface area contributed by atoms with Crippen molar-refractivity contribution in [1.29, 1.82) is 0 Å². The number of methoxy groups -OCH3 is 1. The lowest BCUT2D eigenvalue weighted by Crippen LogP contribution is -2.07. The Morgan fingerprint density at radius 3 is 2.86 bits per heavy atom. The number of ether oxygens (including phenoxy) is 1. The Bertz CT molecular complexity index is 763. The Balaban J connectivity index is 2.21. The SMILES string of the molecule is COC(C[O])c1ccccc1-c1cnc2ccc(N)cn12. The van der Waals surface area contributed by atoms with Crippen LogP contribution in [0.15, 0.2) is 48.8 Å². The fourth-order valence-corrected chi connectivity index (χ4v) is 2.49. The zero-order chi connectivity index (χ0) is 14.8. The quantitative estimate of drug-likeness (QED) is 0.799. The fourth-order valence-electron chi connectivity index (χ4n) is 2.49. The van der Waals surface area contributed by atoms with Crippen molar-refractivity contribution in [3.8, 4) is 11.3 Å². The van der Waals surface area contributed by atoms with Crippen LogP contribution in [0, 0.1) is 0 Å². The van der Waals surface area contributed by atoms with Gasteiger partial charge in [0.2, 0.25) is 0 Å². The lowest BCUT2D eigenvalue weighted by Gasteiger charge is -2.16. The first-order valence-electron chi connectivity index (χ1n) is 6.67. The van der Waals surface area contributed by atoms with Gasteiger partial charge in [0.15, 0.2) is 0 Å². The molecule has 0 aliphatic heterocycles. The molecule has 1 radical (unpaired) electrons. The summed E-state index contributed by atoms with van der Waals surface area (Å²) in [5.41, 5.74) is 10.0. The molecule has 1 unspecified atom stereocenters. The highest BCUT2D eigenvalue weighted by Gasteiger charge is 2.17. The van der Waals surface area contributed by atoms with Gasteiger partial charge in [-0.1, -0.05) is 24.3 Å². The number of benzene rings is 1. The maximum atomic E-state index is 11.3. The zero-order valence-electron chi connectivity index (χ0n) is 11.7. The van der Waals surface area contributed by atoms with E-state index in [1.54, 1.807) is 13.3 Å². The number of fused-ring (bicyclic) bond motifs is 1. The van der Waals surface area contributed by atoms with E-state index < -0.39 is 6.10 Å². The Morgan fingerprint density at radius 1 is 1.29 bits per heavy atom. The highest BCUT2D eigenvalue weighted by atomic mass is 16.5. The molecule has 0 fully saturated rings. The second-order valence-corrected chi connectivity index (χ2v) is 4.81. The first-order valence-corrected chi connectivity index (χ1v) is 6.67. The Kier molecular flexibility index (Phi) is 3.60. The van der Waals surface area contributed by atoms with E-state index in [0.717, 1.165) is 22.5 Å². The molecule has 5 nitrogen and oxygen atoms in total. The molecule has 0 saturated carbocycles. The summed E-state index contributed by atoms with van der Waals surface area (Å²) in [5, 5.41) is 11.3. The minimum atomic E-state index is -0.479. The number of aromatic nitrogens is 2. The maximum Gasteiger partial charge on any atom is 0.137 e. The Labute approximate surface area is 122 Å². The molecule has 0 aliphatic rings. The van der Waals surface area contributed by atoms with Crippen LogP contribution in [0.4, 0.5) is 5.69 Å². The second kappa shape index (κ2) is 5.55. The molecule has 0 spiro atoms. The molecule has 0 aliphatic carbocycles. The second-order valence-electron chi connectivity index (χ2n) is 4.81. The summed E-state index contributed by atoms with van der Waals surface area (Å²) in [6.45, 7) is -0.327. The summed E-state index contributed by atoms with van der Waals surface area (Å²) in [6.07, 6.45) is 3.13. The van der Waals surface area contributed by atoms with Crippen LogP contribution in [0.1, 0.15) is 11.7 Å². The molecule has 2 N–H and O–H groups in total. The van der Waals surface area contributed by atoms with Gasteiger partial charge in [-0.3, -0.25) is 4.40 Å². The summed E-state index contributed by atoms with van der Waals surface area (Å²) in [4.78, 5) is 4.38. The van der Waals surface area contributed by atoms with E-state index in [1.165, 1.54) is 0 Å². The van der Waals surface area contributed by atoms with E-state index in [2.05, 4.69) is 4.98 Å². The number of rotatable bonds is 4. The molecule has 0 amide bonds. The summed E-state index contributed by atoms with van der Waals surface area (Å²) < 4.78 is 7.22. The van der Waals surface area contributed by atoms with E-state index in [0.29, 0.717) is 5.69 Å². The van der Waals surface area contributed by atoms with Gasteiger partial charge in [-0.15, -0.1) is 0 Å². The van der Waals surface area contributed by atoms with Crippen molar-refractivity contribution in [2.75, 3.05) is 19.5 Å². The molecule has 1 aromatic carbocycles. The molecule has 21 heavy (non-hydrogen) atoms. The highest BCUT2D eigenvalue weighted by Crippen LogP contribution is 2.30. The van der Waals surface area contributed by atoms with Gasteiger partial charge in [0.1, 0.15) is 18.4 Å². The topological polar surface area (TPSA) is 72.4 Å². The minimum absolute atomic E-state index is 0.327. The average molecular weight is 282 g/mol. The smallest absolute Gasteiger partial charge is 0.137 e. The monoisotopic (exact) mass is 282 g/mol. The standard InChI is InChI=1S/C16H16N3O2/c1-21-15(10-20)13-5-3-2-4-12(13)14-8-18-16-7-6-11(17)9-19(14)16/h2-9,15H,10,17H2,1H3. The van der Waals surface area contributed by atoms with E-state index >= 15 is 0 Å². The third kappa shape index (κ3) is 2.37. The molecule has 5 heteroatoms. The largest absolute Gasteiger partial charge is 0.398 e. The van der Waals surface area contributed by atoms with Crippen molar-refractivity contribution < 1.29 is 9.84 Å². The van der Waals surface area contributed by atoms with Gasteiger partial charge in [0.05, 0.1) is 11.9 Å². The third-order valence-electron chi connectivity index (χ3n) is 3.55. The van der Waals surface area contributed by atoms with E-state index in [4.69, 9.17) is 10.5 Å². The zero-order valence-corrected chi connectivity index (χ0v) is 11.7. The van der Waals surface area contributed by atoms with Crippen LogP contribution in [0.2, 0.25) is 0 Å². The lowest BCUT2D eigenvalue weighted by molar-refractivity contribution is 0.0197. The number of imidazole rings is 1. The molecular formula is C16H16N3O2. The molecular weight excluding hydrogens is 266 g/mol. The Hall–Kier alpha value is -2.37. The van der Waals surface area contributed by atoms with Crippen molar-refractivity contribution in [2.45, 2.75) is 6.10 Å². The maximum absolute atomic E-state index is 11.3. The number of hydrogen-bond acceptors (Lipinski definition) is 3. The first kappa shape index (κ1) is 13.6. The van der Waals surface area contributed by atoms with Gasteiger partial charge in [-0.25, -0.2) is 10.1 Å². The molecule has 107 valence electrons. The number of nitrogens with two attached hydrogens (primary N) is 1. The van der Waals surface area contributed by atoms with Crippen LogP contribution in [0.5, 0.6) is 0 Å². The van der Waals surface area contributed by atoms with Crippen molar-refractivity contribution in [3.63, 3.8) is 0 Å². The van der Waals surface area contributed by atoms with Gasteiger partial charge >= 0.3 is 0 Å². The van der Waals surface area contributed by atoms with Crippen molar-refractivity contribution >= 4 is 11.3 Å². The minimum Gasteiger partial charge on any atom is -0.398 e. The van der Waals surface area contributed by atoms with E-state index in [9.17, 15) is 5.11 Å². The van der Waals surface area contributed by atoms with Crippen molar-refractivity contribution in [2.24, 2.45) is 0 Å². The molecule has 0 saturated heterocycles. The summed E-state index contributed by atoms with van der Waals surface area (Å²) in [6, 6.07) is 11.4. The number of nitrogens with zero attached hydrogens (tertiary/aromatic N) is 2. The normalized spacial score (nSPS) is 12.7. The summed E-state index contributed by atoms with van der Waals surface area (Å²) in [5.74, 6) is 0. The van der Waals surface area contributed by atoms with Gasteiger partial charge in [0.25, 0.3) is 0 Å². The number of nitrogen functional groups attached to an aromatic ring is 1. The first-order chi connectivity index (χ1) is 10.2. The van der Waals surface area contributed by atoms with Gasteiger partial charge in [-0.2, -0.15) is 0 Å². The van der Waals surface area contributed by atoms with Crippen LogP contribution in [-0.4, -0.2) is 23.1 Å². The van der Waals surface area contributed by atoms with Crippen LogP contribution >= 0.6 is 0 Å². The summed E-state index contributed by atoms with van der Waals surface area (Å²) in [7, 11) is 1.55. The number of hydrogen-bond donors (Lipinski definition) is 1. The molecule has 3 aromatic rings. The molecule has 1 atom stereocenters. The molecule has 2 heterocycles. The number of anilines is 1.